The Hall–Kier alpha value is -3.02. The number of nitrogens with zero attached hydrogens (tertiary/aromatic N) is 1. The number of hydrogen-bond acceptors (Lipinski definition) is 4. The Morgan fingerprint density at radius 2 is 2.00 bits per heavy atom. The zero-order chi connectivity index (χ0) is 18.7. The maximum absolute atomic E-state index is 12.8. The van der Waals surface area contributed by atoms with Crippen molar-refractivity contribution in [1.82, 2.24) is 4.90 Å². The Balaban J connectivity index is 1.89. The van der Waals surface area contributed by atoms with E-state index in [4.69, 9.17) is 9.47 Å². The fourth-order valence-electron chi connectivity index (χ4n) is 3.15. The molecule has 0 bridgehead atoms. The van der Waals surface area contributed by atoms with Gasteiger partial charge in [0.25, 0.3) is 11.8 Å². The van der Waals surface area contributed by atoms with Gasteiger partial charge in [-0.15, -0.1) is 0 Å². The van der Waals surface area contributed by atoms with Gasteiger partial charge in [0.1, 0.15) is 11.5 Å². The molecule has 0 unspecified atom stereocenters. The number of benzene rings is 2. The van der Waals surface area contributed by atoms with Gasteiger partial charge in [0.05, 0.1) is 31.0 Å². The molecule has 1 N–H and O–H groups in total. The number of hydrogen-bond donors (Lipinski definition) is 1. The van der Waals surface area contributed by atoms with Crippen molar-refractivity contribution < 1.29 is 19.1 Å². The highest BCUT2D eigenvalue weighted by atomic mass is 16.5. The maximum Gasteiger partial charge on any atom is 0.256 e. The molecule has 2 amide bonds. The summed E-state index contributed by atoms with van der Waals surface area (Å²) in [6.07, 6.45) is 0.879. The van der Waals surface area contributed by atoms with Crippen molar-refractivity contribution in [2.75, 3.05) is 26.1 Å². The fourth-order valence-corrected chi connectivity index (χ4v) is 3.15. The molecule has 1 aliphatic rings. The van der Waals surface area contributed by atoms with E-state index in [-0.39, 0.29) is 11.8 Å². The second-order valence-corrected chi connectivity index (χ2v) is 6.09. The number of nitrogens with one attached hydrogen (secondary N) is 1. The Morgan fingerprint density at radius 3 is 2.69 bits per heavy atom. The minimum Gasteiger partial charge on any atom is -0.497 e. The van der Waals surface area contributed by atoms with Crippen LogP contribution < -0.4 is 14.8 Å². The lowest BCUT2D eigenvalue weighted by Gasteiger charge is -2.14. The molecule has 2 aromatic rings. The van der Waals surface area contributed by atoms with Crippen molar-refractivity contribution in [3.05, 3.63) is 53.1 Å². The lowest BCUT2D eigenvalue weighted by Crippen LogP contribution is -2.26. The van der Waals surface area contributed by atoms with E-state index in [0.29, 0.717) is 41.4 Å². The number of fused-ring (bicyclic) bond motifs is 1. The quantitative estimate of drug-likeness (QED) is 0.864. The molecular weight excluding hydrogens is 332 g/mol. The second-order valence-electron chi connectivity index (χ2n) is 6.09. The Morgan fingerprint density at radius 1 is 1.19 bits per heavy atom. The van der Waals surface area contributed by atoms with Crippen molar-refractivity contribution in [3.63, 3.8) is 0 Å². The largest absolute Gasteiger partial charge is 0.497 e. The summed E-state index contributed by atoms with van der Waals surface area (Å²) in [5.41, 5.74) is 2.28. The summed E-state index contributed by atoms with van der Waals surface area (Å²) in [4.78, 5) is 27.3. The number of rotatable bonds is 6. The topological polar surface area (TPSA) is 67.9 Å². The van der Waals surface area contributed by atoms with Crippen LogP contribution in [0.4, 0.5) is 5.69 Å². The Bertz CT molecular complexity index is 848. The van der Waals surface area contributed by atoms with Gasteiger partial charge in [0, 0.05) is 19.2 Å². The van der Waals surface area contributed by atoms with Gasteiger partial charge >= 0.3 is 0 Å². The third-order valence-electron chi connectivity index (χ3n) is 4.41. The van der Waals surface area contributed by atoms with Crippen molar-refractivity contribution in [2.45, 2.75) is 19.9 Å². The molecular formula is C20H22N2O4. The fraction of sp³-hybridized carbons (Fsp3) is 0.300. The van der Waals surface area contributed by atoms with Crippen molar-refractivity contribution in [3.8, 4) is 11.5 Å². The van der Waals surface area contributed by atoms with Gasteiger partial charge in [0.2, 0.25) is 0 Å². The van der Waals surface area contributed by atoms with Gasteiger partial charge < -0.3 is 19.7 Å². The van der Waals surface area contributed by atoms with E-state index in [0.717, 1.165) is 12.0 Å². The van der Waals surface area contributed by atoms with Crippen LogP contribution in [0.5, 0.6) is 11.5 Å². The highest BCUT2D eigenvalue weighted by Gasteiger charge is 2.31. The minimum absolute atomic E-state index is 0.0886. The summed E-state index contributed by atoms with van der Waals surface area (Å²) < 4.78 is 10.5. The van der Waals surface area contributed by atoms with Crippen LogP contribution in [0.2, 0.25) is 0 Å². The first-order valence-electron chi connectivity index (χ1n) is 8.53. The van der Waals surface area contributed by atoms with E-state index in [1.165, 1.54) is 7.11 Å². The van der Waals surface area contributed by atoms with Crippen molar-refractivity contribution >= 4 is 17.5 Å². The monoisotopic (exact) mass is 354 g/mol. The summed E-state index contributed by atoms with van der Waals surface area (Å²) >= 11 is 0. The van der Waals surface area contributed by atoms with Crippen LogP contribution in [-0.4, -0.2) is 37.5 Å². The van der Waals surface area contributed by atoms with Gasteiger partial charge in [-0.25, -0.2) is 0 Å². The first kappa shape index (κ1) is 17.8. The highest BCUT2D eigenvalue weighted by molar-refractivity contribution is 6.14. The second kappa shape index (κ2) is 7.47. The van der Waals surface area contributed by atoms with Crippen LogP contribution in [-0.2, 0) is 6.54 Å². The minimum atomic E-state index is -0.336. The van der Waals surface area contributed by atoms with E-state index in [9.17, 15) is 9.59 Å². The normalized spacial score (nSPS) is 12.7. The molecule has 0 fully saturated rings. The number of anilines is 1. The van der Waals surface area contributed by atoms with E-state index in [1.807, 2.05) is 19.1 Å². The van der Waals surface area contributed by atoms with Gasteiger partial charge in [-0.2, -0.15) is 0 Å². The van der Waals surface area contributed by atoms with Crippen LogP contribution in [0.15, 0.2) is 36.4 Å². The molecule has 0 aliphatic carbocycles. The Labute approximate surface area is 152 Å². The van der Waals surface area contributed by atoms with Crippen LogP contribution in [0.3, 0.4) is 0 Å². The van der Waals surface area contributed by atoms with Gasteiger partial charge in [-0.05, 0) is 30.2 Å². The number of amides is 2. The molecule has 6 heteroatoms. The molecule has 0 radical (unpaired) electrons. The Kier molecular flexibility index (Phi) is 5.11. The average Bonchev–Trinajstić information content (AvgIpc) is 2.98. The van der Waals surface area contributed by atoms with E-state index >= 15 is 0 Å². The molecule has 136 valence electrons. The molecule has 3 rings (SSSR count). The molecule has 0 aromatic heterocycles. The number of methoxy groups -OCH3 is 2. The molecule has 6 nitrogen and oxygen atoms in total. The van der Waals surface area contributed by atoms with E-state index in [1.54, 1.807) is 36.3 Å². The number of carbonyl (C=O) groups is 2. The maximum atomic E-state index is 12.8. The summed E-state index contributed by atoms with van der Waals surface area (Å²) in [6.45, 7) is 3.26. The van der Waals surface area contributed by atoms with Crippen LogP contribution in [0, 0.1) is 0 Å². The summed E-state index contributed by atoms with van der Waals surface area (Å²) in [6, 6.07) is 10.5. The first-order chi connectivity index (χ1) is 12.6. The molecule has 0 spiro atoms. The number of carbonyl (C=O) groups excluding carboxylic acids is 2. The standard InChI is InChI=1S/C20H22N2O4/c1-4-10-22-12-13-6-5-7-15(18(13)20(22)24)19(23)21-16-9-8-14(25-2)11-17(16)26-3/h5-9,11H,4,10,12H2,1-3H3,(H,21,23). The van der Waals surface area contributed by atoms with Gasteiger partial charge in [0.15, 0.2) is 0 Å². The molecule has 0 saturated heterocycles. The van der Waals surface area contributed by atoms with Crippen molar-refractivity contribution in [2.24, 2.45) is 0 Å². The molecule has 0 atom stereocenters. The molecule has 1 aliphatic heterocycles. The van der Waals surface area contributed by atoms with Crippen molar-refractivity contribution in [1.29, 1.82) is 0 Å². The third kappa shape index (κ3) is 3.22. The predicted molar refractivity (Wildman–Crippen MR) is 99.0 cm³/mol. The predicted octanol–water partition coefficient (Wildman–Crippen LogP) is 3.32. The third-order valence-corrected chi connectivity index (χ3v) is 4.41. The SMILES string of the molecule is CCCN1Cc2cccc(C(=O)Nc3ccc(OC)cc3OC)c2C1=O. The summed E-state index contributed by atoms with van der Waals surface area (Å²) in [5, 5.41) is 2.84. The lowest BCUT2D eigenvalue weighted by molar-refractivity contribution is 0.0774. The highest BCUT2D eigenvalue weighted by Crippen LogP contribution is 2.31. The zero-order valence-corrected chi connectivity index (χ0v) is 15.2. The molecule has 0 saturated carbocycles. The molecule has 26 heavy (non-hydrogen) atoms. The van der Waals surface area contributed by atoms with Crippen LogP contribution in [0.25, 0.3) is 0 Å². The lowest BCUT2D eigenvalue weighted by atomic mass is 10.0. The van der Waals surface area contributed by atoms with E-state index < -0.39 is 0 Å². The van der Waals surface area contributed by atoms with Gasteiger partial charge in [-0.1, -0.05) is 19.1 Å². The van der Waals surface area contributed by atoms with Crippen LogP contribution in [0.1, 0.15) is 39.6 Å². The summed E-state index contributed by atoms with van der Waals surface area (Å²) in [5.74, 6) is 0.696. The van der Waals surface area contributed by atoms with Gasteiger partial charge in [-0.3, -0.25) is 9.59 Å². The average molecular weight is 354 g/mol. The molecule has 2 aromatic carbocycles. The van der Waals surface area contributed by atoms with E-state index in [2.05, 4.69) is 5.32 Å². The zero-order valence-electron chi connectivity index (χ0n) is 15.2. The van der Waals surface area contributed by atoms with Crippen LogP contribution >= 0.6 is 0 Å². The smallest absolute Gasteiger partial charge is 0.256 e. The number of ether oxygens (including phenoxy) is 2. The molecule has 1 heterocycles. The first-order valence-corrected chi connectivity index (χ1v) is 8.53. The summed E-state index contributed by atoms with van der Waals surface area (Å²) in [7, 11) is 3.09.